The number of benzene rings is 2. The van der Waals surface area contributed by atoms with E-state index in [9.17, 15) is 9.59 Å². The van der Waals surface area contributed by atoms with Gasteiger partial charge in [-0.05, 0) is 49.2 Å². The lowest BCUT2D eigenvalue weighted by Crippen LogP contribution is -2.34. The minimum absolute atomic E-state index is 0.0777. The molecule has 1 fully saturated rings. The molecule has 0 aliphatic carbocycles. The van der Waals surface area contributed by atoms with Gasteiger partial charge in [0.05, 0.1) is 17.6 Å². The number of carbonyl (C=O) groups excluding carboxylic acids is 2. The van der Waals surface area contributed by atoms with Gasteiger partial charge in [0.1, 0.15) is 18.5 Å². The number of carbonyl (C=O) groups is 2. The van der Waals surface area contributed by atoms with Crippen molar-refractivity contribution in [2.45, 2.75) is 32.0 Å². The fourth-order valence-electron chi connectivity index (χ4n) is 3.38. The first kappa shape index (κ1) is 19.4. The van der Waals surface area contributed by atoms with E-state index in [1.54, 1.807) is 24.3 Å². The smallest absolute Gasteiger partial charge is 0.249 e. The zero-order valence-electron chi connectivity index (χ0n) is 15.7. The monoisotopic (exact) mass is 412 g/mol. The van der Waals surface area contributed by atoms with Crippen LogP contribution in [0, 0.1) is 0 Å². The van der Waals surface area contributed by atoms with Gasteiger partial charge >= 0.3 is 0 Å². The number of rotatable bonds is 6. The summed E-state index contributed by atoms with van der Waals surface area (Å²) >= 11 is 5.89. The number of amides is 2. The van der Waals surface area contributed by atoms with Gasteiger partial charge in [0.25, 0.3) is 0 Å². The van der Waals surface area contributed by atoms with Crippen LogP contribution < -0.4 is 10.6 Å². The number of hydrogen-bond acceptors (Lipinski definition) is 4. The van der Waals surface area contributed by atoms with Crippen LogP contribution in [0.3, 0.4) is 0 Å². The third kappa shape index (κ3) is 4.58. The maximum absolute atomic E-state index is 12.6. The second kappa shape index (κ2) is 8.63. The molecule has 2 amide bonds. The van der Waals surface area contributed by atoms with Gasteiger partial charge in [-0.3, -0.25) is 9.59 Å². The molecule has 2 N–H and O–H groups in total. The quantitative estimate of drug-likeness (QED) is 0.651. The molecule has 7 nitrogen and oxygen atoms in total. The van der Waals surface area contributed by atoms with E-state index in [-0.39, 0.29) is 24.9 Å². The van der Waals surface area contributed by atoms with Crippen LogP contribution in [-0.2, 0) is 27.4 Å². The van der Waals surface area contributed by atoms with Gasteiger partial charge in [0.2, 0.25) is 11.8 Å². The minimum Gasteiger partial charge on any atom is -0.368 e. The van der Waals surface area contributed by atoms with E-state index in [1.165, 1.54) is 0 Å². The Morgan fingerprint density at radius 2 is 1.97 bits per heavy atom. The molecule has 8 heteroatoms. The number of para-hydroxylation sites is 2. The second-order valence-corrected chi connectivity index (χ2v) is 7.31. The molecule has 0 radical (unpaired) electrons. The Labute approximate surface area is 173 Å². The summed E-state index contributed by atoms with van der Waals surface area (Å²) in [5.41, 5.74) is 2.27. The molecule has 2 heterocycles. The largest absolute Gasteiger partial charge is 0.368 e. The minimum atomic E-state index is -0.402. The van der Waals surface area contributed by atoms with Gasteiger partial charge in [-0.1, -0.05) is 23.7 Å². The van der Waals surface area contributed by atoms with Crippen molar-refractivity contribution in [3.63, 3.8) is 0 Å². The molecule has 1 aliphatic rings. The van der Waals surface area contributed by atoms with Crippen LogP contribution in [0.5, 0.6) is 0 Å². The Bertz CT molecular complexity index is 1030. The predicted octanol–water partition coefficient (Wildman–Crippen LogP) is 3.12. The lowest BCUT2D eigenvalue weighted by atomic mass is 10.2. The molecule has 1 atom stereocenters. The number of anilines is 1. The third-order valence-electron chi connectivity index (χ3n) is 4.81. The maximum atomic E-state index is 12.6. The molecule has 2 aromatic carbocycles. The highest BCUT2D eigenvalue weighted by Gasteiger charge is 2.24. The van der Waals surface area contributed by atoms with Crippen LogP contribution in [0.25, 0.3) is 11.0 Å². The van der Waals surface area contributed by atoms with Crippen molar-refractivity contribution in [3.8, 4) is 0 Å². The Morgan fingerprint density at radius 3 is 2.72 bits per heavy atom. The molecule has 150 valence electrons. The Hall–Kier alpha value is -2.90. The number of halogens is 1. The van der Waals surface area contributed by atoms with Crippen molar-refractivity contribution in [1.29, 1.82) is 0 Å². The molecular weight excluding hydrogens is 392 g/mol. The summed E-state index contributed by atoms with van der Waals surface area (Å²) in [7, 11) is 0. The van der Waals surface area contributed by atoms with Crippen LogP contribution in [0.1, 0.15) is 18.7 Å². The third-order valence-corrected chi connectivity index (χ3v) is 5.06. The van der Waals surface area contributed by atoms with Crippen molar-refractivity contribution >= 4 is 40.1 Å². The highest BCUT2D eigenvalue weighted by molar-refractivity contribution is 6.30. The molecule has 0 bridgehead atoms. The predicted molar refractivity (Wildman–Crippen MR) is 111 cm³/mol. The topological polar surface area (TPSA) is 85.2 Å². The van der Waals surface area contributed by atoms with Gasteiger partial charge in [0.15, 0.2) is 0 Å². The first-order valence-electron chi connectivity index (χ1n) is 9.49. The van der Waals surface area contributed by atoms with Crippen molar-refractivity contribution in [1.82, 2.24) is 14.9 Å². The Morgan fingerprint density at radius 1 is 1.17 bits per heavy atom. The highest BCUT2D eigenvalue weighted by atomic mass is 35.5. The Kier molecular flexibility index (Phi) is 5.78. The number of nitrogens with one attached hydrogen (secondary N) is 2. The summed E-state index contributed by atoms with van der Waals surface area (Å²) < 4.78 is 7.23. The van der Waals surface area contributed by atoms with Crippen molar-refractivity contribution in [2.24, 2.45) is 0 Å². The summed E-state index contributed by atoms with van der Waals surface area (Å²) in [6.07, 6.45) is 1.22. The van der Waals surface area contributed by atoms with Gasteiger partial charge in [-0.25, -0.2) is 4.98 Å². The van der Waals surface area contributed by atoms with E-state index in [2.05, 4.69) is 15.6 Å². The highest BCUT2D eigenvalue weighted by Crippen LogP contribution is 2.18. The van der Waals surface area contributed by atoms with E-state index in [0.29, 0.717) is 23.1 Å². The molecule has 4 rings (SSSR count). The number of imidazole rings is 1. The Balaban J connectivity index is 1.50. The zero-order valence-corrected chi connectivity index (χ0v) is 16.5. The van der Waals surface area contributed by atoms with Crippen LogP contribution in [0.15, 0.2) is 48.5 Å². The van der Waals surface area contributed by atoms with Gasteiger partial charge in [-0.15, -0.1) is 0 Å². The average molecular weight is 413 g/mol. The van der Waals surface area contributed by atoms with E-state index in [0.717, 1.165) is 23.9 Å². The molecular formula is C21H21ClN4O3. The molecule has 1 unspecified atom stereocenters. The normalized spacial score (nSPS) is 16.1. The van der Waals surface area contributed by atoms with Crippen LogP contribution >= 0.6 is 11.6 Å². The fraction of sp³-hybridized carbons (Fsp3) is 0.286. The molecule has 3 aromatic rings. The van der Waals surface area contributed by atoms with Gasteiger partial charge < -0.3 is 19.9 Å². The molecule has 0 saturated carbocycles. The van der Waals surface area contributed by atoms with E-state index < -0.39 is 6.10 Å². The summed E-state index contributed by atoms with van der Waals surface area (Å²) in [4.78, 5) is 29.5. The molecule has 1 saturated heterocycles. The average Bonchev–Trinajstić information content (AvgIpc) is 3.37. The van der Waals surface area contributed by atoms with Gasteiger partial charge in [-0.2, -0.15) is 0 Å². The lowest BCUT2D eigenvalue weighted by molar-refractivity contribution is -0.130. The molecule has 0 spiro atoms. The molecule has 29 heavy (non-hydrogen) atoms. The lowest BCUT2D eigenvalue weighted by Gasteiger charge is -2.12. The van der Waals surface area contributed by atoms with E-state index >= 15 is 0 Å². The fourth-order valence-corrected chi connectivity index (χ4v) is 3.50. The van der Waals surface area contributed by atoms with Crippen LogP contribution in [-0.4, -0.2) is 34.1 Å². The van der Waals surface area contributed by atoms with E-state index in [4.69, 9.17) is 16.3 Å². The number of fused-ring (bicyclic) bond motifs is 1. The SMILES string of the molecule is O=C(Cn1c(CNC(=O)C2CCCO2)nc2ccccc21)Nc1ccc(Cl)cc1. The summed E-state index contributed by atoms with van der Waals surface area (Å²) in [5.74, 6) is 0.276. The van der Waals surface area contributed by atoms with Crippen LogP contribution in [0.2, 0.25) is 5.02 Å². The summed E-state index contributed by atoms with van der Waals surface area (Å²) in [6, 6.07) is 14.5. The zero-order chi connectivity index (χ0) is 20.2. The second-order valence-electron chi connectivity index (χ2n) is 6.88. The number of ether oxygens (including phenoxy) is 1. The van der Waals surface area contributed by atoms with Crippen LogP contribution in [0.4, 0.5) is 5.69 Å². The van der Waals surface area contributed by atoms with E-state index in [1.807, 2.05) is 28.8 Å². The van der Waals surface area contributed by atoms with Crippen molar-refractivity contribution in [2.75, 3.05) is 11.9 Å². The molecule has 1 aliphatic heterocycles. The standard InChI is InChI=1S/C21H21ClN4O3/c22-14-7-9-15(10-8-14)24-20(27)13-26-17-5-2-1-4-16(17)25-19(26)12-23-21(28)18-6-3-11-29-18/h1-2,4-5,7-10,18H,3,6,11-13H2,(H,23,28)(H,24,27). The first-order chi connectivity index (χ1) is 14.1. The first-order valence-corrected chi connectivity index (χ1v) is 9.87. The maximum Gasteiger partial charge on any atom is 0.249 e. The van der Waals surface area contributed by atoms with Gasteiger partial charge in [0, 0.05) is 17.3 Å². The molecule has 1 aromatic heterocycles. The summed E-state index contributed by atoms with van der Waals surface area (Å²) in [6.45, 7) is 0.914. The summed E-state index contributed by atoms with van der Waals surface area (Å²) in [5, 5.41) is 6.34. The van der Waals surface area contributed by atoms with Crippen molar-refractivity contribution in [3.05, 3.63) is 59.4 Å². The number of hydrogen-bond donors (Lipinski definition) is 2. The van der Waals surface area contributed by atoms with Crippen molar-refractivity contribution < 1.29 is 14.3 Å². The number of nitrogens with zero attached hydrogens (tertiary/aromatic N) is 2. The number of aromatic nitrogens is 2.